The molecule has 5 heteroatoms. The number of hydrogen-bond acceptors (Lipinski definition) is 4. The highest BCUT2D eigenvalue weighted by Gasteiger charge is 2.23. The summed E-state index contributed by atoms with van der Waals surface area (Å²) >= 11 is 1.79. The molecule has 4 rings (SSSR count). The van der Waals surface area contributed by atoms with Gasteiger partial charge in [0.2, 0.25) is 0 Å². The van der Waals surface area contributed by atoms with Crippen molar-refractivity contribution >= 4 is 11.3 Å². The summed E-state index contributed by atoms with van der Waals surface area (Å²) in [6.45, 7) is 2.35. The third kappa shape index (κ3) is 3.74. The van der Waals surface area contributed by atoms with Gasteiger partial charge < -0.3 is 14.0 Å². The Balaban J connectivity index is 1.69. The minimum atomic E-state index is 0.187. The molecule has 1 saturated carbocycles. The molecule has 0 spiro atoms. The quantitative estimate of drug-likeness (QED) is 0.765. The first-order chi connectivity index (χ1) is 12.9. The molecule has 1 aromatic carbocycles. The number of ether oxygens (including phenoxy) is 2. The number of para-hydroxylation sites is 1. The minimum Gasteiger partial charge on any atom is -0.493 e. The predicted molar refractivity (Wildman–Crippen MR) is 105 cm³/mol. The van der Waals surface area contributed by atoms with Gasteiger partial charge in [-0.2, -0.15) is 0 Å². The zero-order valence-corrected chi connectivity index (χ0v) is 16.3. The van der Waals surface area contributed by atoms with Gasteiger partial charge in [-0.15, -0.1) is 11.3 Å². The molecule has 0 radical (unpaired) electrons. The Labute approximate surface area is 159 Å². The standard InChI is InChI=1S/C21H28N2O2S/c1-24-14-12-23-19(16-7-3-2-4-8-16)15-26-21(23)22-18-11-13-25-20-10-6-5-9-17(18)20/h5-6,9-10,15-16,18H,2-4,7-8,11-14H2,1H3. The fourth-order valence-electron chi connectivity index (χ4n) is 4.16. The van der Waals surface area contributed by atoms with Crippen LogP contribution in [0.2, 0.25) is 0 Å². The Bertz CT molecular complexity index is 789. The number of aromatic nitrogens is 1. The lowest BCUT2D eigenvalue weighted by Gasteiger charge is -2.24. The normalized spacial score (nSPS) is 21.4. The van der Waals surface area contributed by atoms with E-state index in [2.05, 4.69) is 28.1 Å². The van der Waals surface area contributed by atoms with Crippen LogP contribution in [0.1, 0.15) is 61.7 Å². The first kappa shape index (κ1) is 17.8. The fraction of sp³-hybridized carbons (Fsp3) is 0.571. The molecule has 1 aromatic heterocycles. The lowest BCUT2D eigenvalue weighted by atomic mass is 9.87. The van der Waals surface area contributed by atoms with E-state index in [-0.39, 0.29) is 6.04 Å². The number of rotatable bonds is 5. The van der Waals surface area contributed by atoms with E-state index in [1.165, 1.54) is 43.4 Å². The molecular weight excluding hydrogens is 344 g/mol. The van der Waals surface area contributed by atoms with Gasteiger partial charge in [-0.3, -0.25) is 4.99 Å². The smallest absolute Gasteiger partial charge is 0.185 e. The molecule has 1 aliphatic carbocycles. The van der Waals surface area contributed by atoms with Crippen LogP contribution in [0.25, 0.3) is 0 Å². The number of nitrogens with zero attached hydrogens (tertiary/aromatic N) is 2. The Morgan fingerprint density at radius 3 is 2.88 bits per heavy atom. The van der Waals surface area contributed by atoms with E-state index in [0.29, 0.717) is 5.92 Å². The molecule has 1 aliphatic heterocycles. The van der Waals surface area contributed by atoms with Crippen LogP contribution in [0.5, 0.6) is 5.75 Å². The fourth-order valence-corrected chi connectivity index (χ4v) is 5.22. The molecule has 0 amide bonds. The van der Waals surface area contributed by atoms with Crippen LogP contribution in [0.3, 0.4) is 0 Å². The van der Waals surface area contributed by atoms with Crippen molar-refractivity contribution in [3.05, 3.63) is 45.7 Å². The number of thiazole rings is 1. The lowest BCUT2D eigenvalue weighted by molar-refractivity contribution is 0.184. The summed E-state index contributed by atoms with van der Waals surface area (Å²) in [4.78, 5) is 6.30. The van der Waals surface area contributed by atoms with Gasteiger partial charge in [0.1, 0.15) is 5.75 Å². The molecule has 2 aliphatic rings. The third-order valence-corrected chi connectivity index (χ3v) is 6.46. The molecule has 0 saturated heterocycles. The zero-order valence-electron chi connectivity index (χ0n) is 15.5. The van der Waals surface area contributed by atoms with E-state index in [1.807, 2.05) is 6.07 Å². The summed E-state index contributed by atoms with van der Waals surface area (Å²) in [5.41, 5.74) is 2.68. The van der Waals surface area contributed by atoms with Crippen LogP contribution in [-0.2, 0) is 11.3 Å². The van der Waals surface area contributed by atoms with Gasteiger partial charge in [0.05, 0.1) is 19.3 Å². The van der Waals surface area contributed by atoms with E-state index in [0.717, 1.165) is 36.7 Å². The number of methoxy groups -OCH3 is 1. The molecule has 0 N–H and O–H groups in total. The van der Waals surface area contributed by atoms with Gasteiger partial charge in [0.15, 0.2) is 4.80 Å². The Morgan fingerprint density at radius 1 is 1.19 bits per heavy atom. The SMILES string of the molecule is COCCn1c(C2CCCCC2)csc1=NC1CCOc2ccccc21. The van der Waals surface area contributed by atoms with Crippen LogP contribution >= 0.6 is 11.3 Å². The number of fused-ring (bicyclic) bond motifs is 1. The van der Waals surface area contributed by atoms with Gasteiger partial charge in [-0.25, -0.2) is 0 Å². The van der Waals surface area contributed by atoms with Crippen LogP contribution in [-0.4, -0.2) is 24.9 Å². The van der Waals surface area contributed by atoms with E-state index in [1.54, 1.807) is 18.4 Å². The summed E-state index contributed by atoms with van der Waals surface area (Å²) in [6.07, 6.45) is 7.65. The van der Waals surface area contributed by atoms with Crippen molar-refractivity contribution in [3.63, 3.8) is 0 Å². The summed E-state index contributed by atoms with van der Waals surface area (Å²) in [5.74, 6) is 1.67. The second kappa shape index (κ2) is 8.40. The Kier molecular flexibility index (Phi) is 5.75. The number of hydrogen-bond donors (Lipinski definition) is 0. The average Bonchev–Trinajstić information content (AvgIpc) is 3.10. The minimum absolute atomic E-state index is 0.187. The second-order valence-corrected chi connectivity index (χ2v) is 8.08. The molecule has 4 nitrogen and oxygen atoms in total. The molecule has 2 heterocycles. The molecule has 26 heavy (non-hydrogen) atoms. The highest BCUT2D eigenvalue weighted by atomic mass is 32.1. The molecule has 1 atom stereocenters. The van der Waals surface area contributed by atoms with E-state index in [4.69, 9.17) is 14.5 Å². The largest absolute Gasteiger partial charge is 0.493 e. The summed E-state index contributed by atoms with van der Waals surface area (Å²) < 4.78 is 13.6. The average molecular weight is 373 g/mol. The lowest BCUT2D eigenvalue weighted by Crippen LogP contribution is -2.24. The summed E-state index contributed by atoms with van der Waals surface area (Å²) in [6, 6.07) is 8.50. The van der Waals surface area contributed by atoms with Crippen LogP contribution in [0.15, 0.2) is 34.6 Å². The maximum atomic E-state index is 5.80. The molecular formula is C21H28N2O2S. The third-order valence-electron chi connectivity index (χ3n) is 5.56. The highest BCUT2D eigenvalue weighted by molar-refractivity contribution is 7.07. The second-order valence-electron chi connectivity index (χ2n) is 7.24. The molecule has 2 aromatic rings. The van der Waals surface area contributed by atoms with E-state index >= 15 is 0 Å². The van der Waals surface area contributed by atoms with Crippen molar-refractivity contribution in [3.8, 4) is 5.75 Å². The number of benzene rings is 1. The van der Waals surface area contributed by atoms with Crippen LogP contribution in [0.4, 0.5) is 0 Å². The van der Waals surface area contributed by atoms with Crippen molar-refractivity contribution < 1.29 is 9.47 Å². The first-order valence-electron chi connectivity index (χ1n) is 9.79. The Hall–Kier alpha value is -1.59. The molecule has 0 bridgehead atoms. The predicted octanol–water partition coefficient (Wildman–Crippen LogP) is 4.67. The highest BCUT2D eigenvalue weighted by Crippen LogP contribution is 2.35. The van der Waals surface area contributed by atoms with Gasteiger partial charge >= 0.3 is 0 Å². The van der Waals surface area contributed by atoms with Crippen molar-refractivity contribution in [1.82, 2.24) is 4.57 Å². The zero-order chi connectivity index (χ0) is 17.8. The molecule has 1 unspecified atom stereocenters. The maximum Gasteiger partial charge on any atom is 0.185 e. The van der Waals surface area contributed by atoms with Gasteiger partial charge in [0.25, 0.3) is 0 Å². The first-order valence-corrected chi connectivity index (χ1v) is 10.7. The summed E-state index contributed by atoms with van der Waals surface area (Å²) in [7, 11) is 1.78. The Morgan fingerprint density at radius 2 is 2.04 bits per heavy atom. The van der Waals surface area contributed by atoms with Crippen molar-refractivity contribution in [2.24, 2.45) is 4.99 Å². The summed E-state index contributed by atoms with van der Waals surface area (Å²) in [5, 5.41) is 2.34. The topological polar surface area (TPSA) is 35.8 Å². The van der Waals surface area contributed by atoms with Crippen LogP contribution < -0.4 is 9.54 Å². The van der Waals surface area contributed by atoms with Crippen LogP contribution in [0, 0.1) is 0 Å². The van der Waals surface area contributed by atoms with Gasteiger partial charge in [0, 0.05) is 42.6 Å². The van der Waals surface area contributed by atoms with Crippen molar-refractivity contribution in [1.29, 1.82) is 0 Å². The monoisotopic (exact) mass is 372 g/mol. The van der Waals surface area contributed by atoms with Gasteiger partial charge in [-0.1, -0.05) is 37.5 Å². The van der Waals surface area contributed by atoms with Crippen molar-refractivity contribution in [2.75, 3.05) is 20.3 Å². The van der Waals surface area contributed by atoms with Crippen molar-refractivity contribution in [2.45, 2.75) is 57.0 Å². The van der Waals surface area contributed by atoms with Gasteiger partial charge in [-0.05, 0) is 18.9 Å². The van der Waals surface area contributed by atoms with E-state index in [9.17, 15) is 0 Å². The molecule has 140 valence electrons. The molecule has 1 fully saturated rings. The van der Waals surface area contributed by atoms with E-state index < -0.39 is 0 Å². The maximum absolute atomic E-state index is 5.80.